The molecule has 1 aliphatic carbocycles. The van der Waals surface area contributed by atoms with E-state index >= 15 is 0 Å². The Morgan fingerprint density at radius 3 is 2.70 bits per heavy atom. The van der Waals surface area contributed by atoms with Crippen LogP contribution in [0.2, 0.25) is 0 Å². The van der Waals surface area contributed by atoms with Crippen LogP contribution in [0.5, 0.6) is 0 Å². The fourth-order valence-corrected chi connectivity index (χ4v) is 4.07. The third-order valence-corrected chi connectivity index (χ3v) is 6.01. The van der Waals surface area contributed by atoms with Gasteiger partial charge in [0.1, 0.15) is 11.5 Å². The molecule has 2 aromatic heterocycles. The predicted octanol–water partition coefficient (Wildman–Crippen LogP) is 3.37. The fourth-order valence-electron chi connectivity index (χ4n) is 4.07. The second kappa shape index (κ2) is 13.0. The number of hydrogen-bond acceptors (Lipinski definition) is 6. The topological polar surface area (TPSA) is 87.2 Å². The molecule has 0 saturated heterocycles. The van der Waals surface area contributed by atoms with Crippen LogP contribution in [0, 0.1) is 5.92 Å². The molecule has 33 heavy (non-hydrogen) atoms. The van der Waals surface area contributed by atoms with Gasteiger partial charge in [0.25, 0.3) is 0 Å². The molecular weight excluding hydrogens is 414 g/mol. The number of anilines is 1. The van der Waals surface area contributed by atoms with E-state index < -0.39 is 0 Å². The van der Waals surface area contributed by atoms with Crippen molar-refractivity contribution in [3.63, 3.8) is 0 Å². The first-order chi connectivity index (χ1) is 16.1. The number of aromatic nitrogens is 2. The SMILES string of the molecule is CNCCCCCCN(C)C/C=C/c1ccc(NC(=O)C2Cc3cnc(C=O)cc3C2)nc1. The average molecular weight is 450 g/mol. The maximum absolute atomic E-state index is 12.7. The molecule has 0 aromatic carbocycles. The lowest BCUT2D eigenvalue weighted by molar-refractivity contribution is -0.119. The molecule has 1 aliphatic rings. The summed E-state index contributed by atoms with van der Waals surface area (Å²) in [6, 6.07) is 5.57. The zero-order valence-electron chi connectivity index (χ0n) is 19.7. The van der Waals surface area contributed by atoms with Crippen LogP contribution >= 0.6 is 0 Å². The van der Waals surface area contributed by atoms with Crippen molar-refractivity contribution in [3.8, 4) is 0 Å². The van der Waals surface area contributed by atoms with Gasteiger partial charge in [0.15, 0.2) is 6.29 Å². The van der Waals surface area contributed by atoms with Crippen LogP contribution in [-0.2, 0) is 17.6 Å². The molecule has 0 bridgehead atoms. The number of carbonyl (C=O) groups excluding carboxylic acids is 2. The Bertz CT molecular complexity index is 942. The summed E-state index contributed by atoms with van der Waals surface area (Å²) in [5.41, 5.74) is 3.48. The second-order valence-corrected chi connectivity index (χ2v) is 8.75. The van der Waals surface area contributed by atoms with Crippen molar-refractivity contribution in [2.75, 3.05) is 39.0 Å². The zero-order chi connectivity index (χ0) is 23.5. The minimum atomic E-state index is -0.163. The quantitative estimate of drug-likeness (QED) is 0.360. The van der Waals surface area contributed by atoms with E-state index in [1.165, 1.54) is 25.7 Å². The van der Waals surface area contributed by atoms with Gasteiger partial charge in [-0.15, -0.1) is 0 Å². The molecule has 0 spiro atoms. The molecule has 1 atom stereocenters. The van der Waals surface area contributed by atoms with Gasteiger partial charge in [0, 0.05) is 24.9 Å². The molecule has 1 amide bonds. The number of rotatable bonds is 13. The van der Waals surface area contributed by atoms with Crippen molar-refractivity contribution < 1.29 is 9.59 Å². The molecule has 1 unspecified atom stereocenters. The fraction of sp³-hybridized carbons (Fsp3) is 0.462. The number of hydrogen-bond donors (Lipinski definition) is 2. The van der Waals surface area contributed by atoms with Crippen LogP contribution in [-0.4, -0.2) is 60.8 Å². The van der Waals surface area contributed by atoms with Gasteiger partial charge in [-0.1, -0.05) is 25.0 Å². The van der Waals surface area contributed by atoms with E-state index in [4.69, 9.17) is 0 Å². The Balaban J connectivity index is 1.39. The number of amides is 1. The Morgan fingerprint density at radius 2 is 1.94 bits per heavy atom. The Labute approximate surface area is 196 Å². The highest BCUT2D eigenvalue weighted by molar-refractivity contribution is 5.92. The first kappa shape index (κ1) is 24.7. The van der Waals surface area contributed by atoms with Gasteiger partial charge in [-0.3, -0.25) is 14.6 Å². The van der Waals surface area contributed by atoms with Crippen molar-refractivity contribution in [1.29, 1.82) is 0 Å². The van der Waals surface area contributed by atoms with E-state index in [0.717, 1.165) is 42.6 Å². The minimum absolute atomic E-state index is 0.0535. The summed E-state index contributed by atoms with van der Waals surface area (Å²) in [4.78, 5) is 34.4. The van der Waals surface area contributed by atoms with E-state index in [-0.39, 0.29) is 11.8 Å². The molecule has 0 aliphatic heterocycles. The van der Waals surface area contributed by atoms with Gasteiger partial charge in [0.2, 0.25) is 5.91 Å². The molecule has 0 fully saturated rings. The number of likely N-dealkylation sites (N-methyl/N-ethyl adjacent to an activating group) is 1. The monoisotopic (exact) mass is 449 g/mol. The summed E-state index contributed by atoms with van der Waals surface area (Å²) in [5, 5.41) is 6.10. The van der Waals surface area contributed by atoms with Crippen molar-refractivity contribution >= 4 is 24.1 Å². The highest BCUT2D eigenvalue weighted by atomic mass is 16.2. The molecule has 176 valence electrons. The summed E-state index contributed by atoms with van der Waals surface area (Å²) >= 11 is 0. The highest BCUT2D eigenvalue weighted by Crippen LogP contribution is 2.27. The number of unbranched alkanes of at least 4 members (excludes halogenated alkanes) is 3. The Hall–Kier alpha value is -2.90. The van der Waals surface area contributed by atoms with E-state index in [9.17, 15) is 9.59 Å². The van der Waals surface area contributed by atoms with Crippen LogP contribution < -0.4 is 10.6 Å². The average Bonchev–Trinajstić information content (AvgIpc) is 3.26. The molecule has 7 nitrogen and oxygen atoms in total. The number of nitrogens with one attached hydrogen (secondary N) is 2. The molecule has 3 rings (SSSR count). The second-order valence-electron chi connectivity index (χ2n) is 8.75. The van der Waals surface area contributed by atoms with Crippen molar-refractivity contribution in [2.24, 2.45) is 5.92 Å². The van der Waals surface area contributed by atoms with E-state index in [2.05, 4.69) is 44.7 Å². The highest BCUT2D eigenvalue weighted by Gasteiger charge is 2.28. The van der Waals surface area contributed by atoms with Gasteiger partial charge in [-0.25, -0.2) is 4.98 Å². The predicted molar refractivity (Wildman–Crippen MR) is 132 cm³/mol. The van der Waals surface area contributed by atoms with Crippen molar-refractivity contribution in [1.82, 2.24) is 20.2 Å². The lowest BCUT2D eigenvalue weighted by Gasteiger charge is -2.14. The standard InChI is InChI=1S/C26H35N5O2/c1-27-11-5-3-4-6-12-31(2)13-7-8-20-9-10-25(29-17-20)30-26(33)22-14-21-16-24(19-32)28-18-23(21)15-22/h7-10,16-19,22,27H,3-6,11-15H2,1-2H3,(H,29,30,33)/b8-7+. The lowest BCUT2D eigenvalue weighted by atomic mass is 10.1. The van der Waals surface area contributed by atoms with E-state index in [1.807, 2.05) is 19.2 Å². The molecular formula is C26H35N5O2. The number of aldehydes is 1. The zero-order valence-corrected chi connectivity index (χ0v) is 19.7. The van der Waals surface area contributed by atoms with Crippen LogP contribution in [0.1, 0.15) is 52.9 Å². The van der Waals surface area contributed by atoms with E-state index in [1.54, 1.807) is 18.5 Å². The number of pyridine rings is 2. The minimum Gasteiger partial charge on any atom is -0.320 e. The smallest absolute Gasteiger partial charge is 0.229 e. The van der Waals surface area contributed by atoms with Gasteiger partial charge < -0.3 is 15.5 Å². The number of carbonyl (C=O) groups is 2. The van der Waals surface area contributed by atoms with Crippen LogP contribution in [0.25, 0.3) is 6.08 Å². The van der Waals surface area contributed by atoms with Crippen LogP contribution in [0.15, 0.2) is 36.7 Å². The van der Waals surface area contributed by atoms with Crippen molar-refractivity contribution in [2.45, 2.75) is 38.5 Å². The van der Waals surface area contributed by atoms with Crippen molar-refractivity contribution in [3.05, 3.63) is 59.1 Å². The third kappa shape index (κ3) is 7.87. The van der Waals surface area contributed by atoms with Gasteiger partial charge >= 0.3 is 0 Å². The van der Waals surface area contributed by atoms with Crippen LogP contribution in [0.3, 0.4) is 0 Å². The third-order valence-electron chi connectivity index (χ3n) is 6.01. The first-order valence-corrected chi connectivity index (χ1v) is 11.8. The number of fused-ring (bicyclic) bond motifs is 1. The first-order valence-electron chi connectivity index (χ1n) is 11.8. The van der Waals surface area contributed by atoms with Gasteiger partial charge in [-0.05, 0) is 87.8 Å². The summed E-state index contributed by atoms with van der Waals surface area (Å²) < 4.78 is 0. The molecule has 2 aromatic rings. The van der Waals surface area contributed by atoms with Gasteiger partial charge in [-0.2, -0.15) is 0 Å². The van der Waals surface area contributed by atoms with Gasteiger partial charge in [0.05, 0.1) is 0 Å². The number of nitrogens with zero attached hydrogens (tertiary/aromatic N) is 3. The van der Waals surface area contributed by atoms with E-state index in [0.29, 0.717) is 24.4 Å². The maximum Gasteiger partial charge on any atom is 0.229 e. The summed E-state index contributed by atoms with van der Waals surface area (Å²) in [7, 11) is 4.14. The lowest BCUT2D eigenvalue weighted by Crippen LogP contribution is -2.23. The summed E-state index contributed by atoms with van der Waals surface area (Å²) in [6.45, 7) is 3.10. The summed E-state index contributed by atoms with van der Waals surface area (Å²) in [5.74, 6) is 0.335. The Kier molecular flexibility index (Phi) is 9.72. The normalized spacial score (nSPS) is 15.2. The largest absolute Gasteiger partial charge is 0.320 e. The summed E-state index contributed by atoms with van der Waals surface area (Å²) in [6.07, 6.45) is 14.7. The molecule has 0 radical (unpaired) electrons. The van der Waals surface area contributed by atoms with Crippen LogP contribution in [0.4, 0.5) is 5.82 Å². The maximum atomic E-state index is 12.7. The molecule has 2 N–H and O–H groups in total. The molecule has 0 saturated carbocycles. The Morgan fingerprint density at radius 1 is 1.12 bits per heavy atom. The molecule has 7 heteroatoms. The molecule has 2 heterocycles.